The number of likely N-dealkylation sites (N-methyl/N-ethyl adjacent to an activating group) is 1. The molecule has 0 spiro atoms. The Bertz CT molecular complexity index is 317. The van der Waals surface area contributed by atoms with Crippen molar-refractivity contribution in [2.24, 2.45) is 5.73 Å². The lowest BCUT2D eigenvalue weighted by molar-refractivity contribution is 0.154. The lowest BCUT2D eigenvalue weighted by atomic mass is 10.2. The van der Waals surface area contributed by atoms with E-state index in [0.717, 1.165) is 38.5 Å². The predicted octanol–water partition coefficient (Wildman–Crippen LogP) is 1.45. The largest absolute Gasteiger partial charge is 0.380 e. The molecule has 0 aliphatic heterocycles. The van der Waals surface area contributed by atoms with Gasteiger partial charge < -0.3 is 15.4 Å². The maximum atomic E-state index is 5.62. The molecule has 1 aromatic rings. The Balaban J connectivity index is 2.72. The summed E-state index contributed by atoms with van der Waals surface area (Å²) in [5, 5.41) is 0. The van der Waals surface area contributed by atoms with Crippen LogP contribution in [0, 0.1) is 0 Å². The smallest absolute Gasteiger partial charge is 0.131 e. The van der Waals surface area contributed by atoms with Gasteiger partial charge >= 0.3 is 0 Å². The van der Waals surface area contributed by atoms with Gasteiger partial charge in [-0.05, 0) is 38.4 Å². The number of aromatic nitrogens is 1. The highest BCUT2D eigenvalue weighted by atomic mass is 16.5. The summed E-state index contributed by atoms with van der Waals surface area (Å²) in [5.41, 5.74) is 6.84. The summed E-state index contributed by atoms with van der Waals surface area (Å²) in [4.78, 5) is 6.70. The molecule has 96 valence electrons. The summed E-state index contributed by atoms with van der Waals surface area (Å²) in [6.07, 6.45) is 2.70. The van der Waals surface area contributed by atoms with Crippen molar-refractivity contribution in [1.29, 1.82) is 0 Å². The molecule has 0 saturated carbocycles. The molecule has 1 heterocycles. The Kier molecular flexibility index (Phi) is 6.58. The molecule has 0 radical (unpaired) electrons. The quantitative estimate of drug-likeness (QED) is 0.695. The van der Waals surface area contributed by atoms with E-state index in [1.54, 1.807) is 0 Å². The van der Waals surface area contributed by atoms with Gasteiger partial charge in [0, 0.05) is 25.9 Å². The molecule has 0 atom stereocenters. The van der Waals surface area contributed by atoms with Crippen LogP contribution in [0.2, 0.25) is 0 Å². The van der Waals surface area contributed by atoms with Crippen LogP contribution in [0.3, 0.4) is 0 Å². The predicted molar refractivity (Wildman–Crippen MR) is 71.4 cm³/mol. The molecular weight excluding hydrogens is 214 g/mol. The van der Waals surface area contributed by atoms with Gasteiger partial charge in [-0.3, -0.25) is 0 Å². The molecule has 0 saturated heterocycles. The number of hydrogen-bond acceptors (Lipinski definition) is 4. The van der Waals surface area contributed by atoms with E-state index in [9.17, 15) is 0 Å². The van der Waals surface area contributed by atoms with Crippen LogP contribution in [0.25, 0.3) is 0 Å². The Morgan fingerprint density at radius 3 is 2.88 bits per heavy atom. The van der Waals surface area contributed by atoms with Crippen LogP contribution in [-0.4, -0.2) is 37.8 Å². The van der Waals surface area contributed by atoms with E-state index in [1.807, 2.05) is 19.2 Å². The third kappa shape index (κ3) is 4.32. The molecule has 0 amide bonds. The van der Waals surface area contributed by atoms with Crippen molar-refractivity contribution in [2.45, 2.75) is 20.3 Å². The number of pyridine rings is 1. The second kappa shape index (κ2) is 8.03. The zero-order valence-electron chi connectivity index (χ0n) is 10.9. The highest BCUT2D eigenvalue weighted by Gasteiger charge is 2.09. The SMILES string of the molecule is CCOCCN(CC)c1ncccc1CCN. The molecule has 0 bridgehead atoms. The van der Waals surface area contributed by atoms with Crippen molar-refractivity contribution in [1.82, 2.24) is 4.98 Å². The molecular formula is C13H23N3O. The van der Waals surface area contributed by atoms with Gasteiger partial charge in [-0.25, -0.2) is 4.98 Å². The fourth-order valence-electron chi connectivity index (χ4n) is 1.80. The third-order valence-corrected chi connectivity index (χ3v) is 2.67. The molecule has 0 unspecified atom stereocenters. The summed E-state index contributed by atoms with van der Waals surface area (Å²) in [5.74, 6) is 1.04. The summed E-state index contributed by atoms with van der Waals surface area (Å²) in [6.45, 7) is 8.10. The van der Waals surface area contributed by atoms with Crippen LogP contribution in [0.1, 0.15) is 19.4 Å². The van der Waals surface area contributed by atoms with Crippen molar-refractivity contribution in [3.8, 4) is 0 Å². The minimum Gasteiger partial charge on any atom is -0.380 e. The van der Waals surface area contributed by atoms with Crippen molar-refractivity contribution in [2.75, 3.05) is 37.7 Å². The van der Waals surface area contributed by atoms with Gasteiger partial charge in [-0.15, -0.1) is 0 Å². The average Bonchev–Trinajstić information content (AvgIpc) is 2.36. The molecule has 1 aromatic heterocycles. The Labute approximate surface area is 104 Å². The number of hydrogen-bond donors (Lipinski definition) is 1. The Morgan fingerprint density at radius 2 is 2.24 bits per heavy atom. The average molecular weight is 237 g/mol. The third-order valence-electron chi connectivity index (χ3n) is 2.67. The van der Waals surface area contributed by atoms with Crippen molar-refractivity contribution < 1.29 is 4.74 Å². The maximum absolute atomic E-state index is 5.62. The van der Waals surface area contributed by atoms with Crippen LogP contribution in [0.5, 0.6) is 0 Å². The van der Waals surface area contributed by atoms with Gasteiger partial charge in [0.15, 0.2) is 0 Å². The van der Waals surface area contributed by atoms with Crippen LogP contribution in [-0.2, 0) is 11.2 Å². The first-order valence-electron chi connectivity index (χ1n) is 6.30. The highest BCUT2D eigenvalue weighted by Crippen LogP contribution is 2.16. The Hall–Kier alpha value is -1.13. The highest BCUT2D eigenvalue weighted by molar-refractivity contribution is 5.46. The topological polar surface area (TPSA) is 51.4 Å². The molecule has 0 aromatic carbocycles. The fourth-order valence-corrected chi connectivity index (χ4v) is 1.80. The zero-order valence-corrected chi connectivity index (χ0v) is 10.9. The minimum atomic E-state index is 0.654. The maximum Gasteiger partial charge on any atom is 0.131 e. The number of anilines is 1. The van der Waals surface area contributed by atoms with E-state index in [0.29, 0.717) is 6.54 Å². The van der Waals surface area contributed by atoms with Crippen molar-refractivity contribution >= 4 is 5.82 Å². The normalized spacial score (nSPS) is 10.5. The van der Waals surface area contributed by atoms with Gasteiger partial charge in [-0.1, -0.05) is 6.07 Å². The van der Waals surface area contributed by atoms with Crippen LogP contribution >= 0.6 is 0 Å². The standard InChI is InChI=1S/C13H23N3O/c1-3-16(10-11-17-4-2)13-12(7-8-14)6-5-9-15-13/h5-6,9H,3-4,7-8,10-11,14H2,1-2H3. The first-order valence-corrected chi connectivity index (χ1v) is 6.30. The molecule has 4 heteroatoms. The van der Waals surface area contributed by atoms with Crippen LogP contribution in [0.4, 0.5) is 5.82 Å². The van der Waals surface area contributed by atoms with Gasteiger partial charge in [-0.2, -0.15) is 0 Å². The second-order valence-electron chi connectivity index (χ2n) is 3.80. The number of nitrogens with zero attached hydrogens (tertiary/aromatic N) is 2. The monoisotopic (exact) mass is 237 g/mol. The van der Waals surface area contributed by atoms with E-state index >= 15 is 0 Å². The van der Waals surface area contributed by atoms with Gasteiger partial charge in [0.05, 0.1) is 6.61 Å². The van der Waals surface area contributed by atoms with Gasteiger partial charge in [0.1, 0.15) is 5.82 Å². The van der Waals surface area contributed by atoms with E-state index in [4.69, 9.17) is 10.5 Å². The molecule has 0 aliphatic rings. The van der Waals surface area contributed by atoms with E-state index in [-0.39, 0.29) is 0 Å². The molecule has 0 fully saturated rings. The summed E-state index contributed by atoms with van der Waals surface area (Å²) in [7, 11) is 0. The molecule has 0 aliphatic carbocycles. The zero-order chi connectivity index (χ0) is 12.5. The van der Waals surface area contributed by atoms with Crippen molar-refractivity contribution in [3.05, 3.63) is 23.9 Å². The number of rotatable bonds is 8. The fraction of sp³-hybridized carbons (Fsp3) is 0.615. The molecule has 2 N–H and O–H groups in total. The second-order valence-corrected chi connectivity index (χ2v) is 3.80. The summed E-state index contributed by atoms with van der Waals surface area (Å²) >= 11 is 0. The van der Waals surface area contributed by atoms with E-state index < -0.39 is 0 Å². The number of nitrogens with two attached hydrogens (primary N) is 1. The lowest BCUT2D eigenvalue weighted by Crippen LogP contribution is -2.29. The van der Waals surface area contributed by atoms with Gasteiger partial charge in [0.2, 0.25) is 0 Å². The minimum absolute atomic E-state index is 0.654. The first-order chi connectivity index (χ1) is 8.33. The van der Waals surface area contributed by atoms with E-state index in [1.165, 1.54) is 5.56 Å². The molecule has 4 nitrogen and oxygen atoms in total. The molecule has 1 rings (SSSR count). The summed E-state index contributed by atoms with van der Waals surface area (Å²) < 4.78 is 5.39. The van der Waals surface area contributed by atoms with Crippen molar-refractivity contribution in [3.63, 3.8) is 0 Å². The summed E-state index contributed by atoms with van der Waals surface area (Å²) in [6, 6.07) is 4.06. The van der Waals surface area contributed by atoms with E-state index in [2.05, 4.69) is 22.9 Å². The molecule has 17 heavy (non-hydrogen) atoms. The Morgan fingerprint density at radius 1 is 1.41 bits per heavy atom. The van der Waals surface area contributed by atoms with Crippen LogP contribution < -0.4 is 10.6 Å². The van der Waals surface area contributed by atoms with Gasteiger partial charge in [0.25, 0.3) is 0 Å². The number of ether oxygens (including phenoxy) is 1. The lowest BCUT2D eigenvalue weighted by Gasteiger charge is -2.24. The van der Waals surface area contributed by atoms with Crippen LogP contribution in [0.15, 0.2) is 18.3 Å². The first kappa shape index (κ1) is 13.9.